The van der Waals surface area contributed by atoms with Crippen LogP contribution < -0.4 is 16.2 Å². The van der Waals surface area contributed by atoms with E-state index in [-0.39, 0.29) is 0 Å². The number of hydrogen-bond donors (Lipinski definition) is 3. The van der Waals surface area contributed by atoms with Crippen LogP contribution in [-0.2, 0) is 11.3 Å². The first-order valence-corrected chi connectivity index (χ1v) is 4.18. The molecule has 0 saturated heterocycles. The molecule has 1 atom stereocenters. The van der Waals surface area contributed by atoms with Crippen molar-refractivity contribution in [3.05, 3.63) is 18.2 Å². The first-order chi connectivity index (χ1) is 5.59. The van der Waals surface area contributed by atoms with E-state index in [1.165, 1.54) is 12.1 Å². The van der Waals surface area contributed by atoms with Crippen molar-refractivity contribution < 1.29 is 8.76 Å². The van der Waals surface area contributed by atoms with Crippen molar-refractivity contribution in [1.82, 2.24) is 0 Å². The normalized spacial score (nSPS) is 12.4. The summed E-state index contributed by atoms with van der Waals surface area (Å²) in [7, 11) is 0. The molecule has 0 aliphatic carbocycles. The summed E-state index contributed by atoms with van der Waals surface area (Å²) in [6, 6.07) is 4.54. The number of nitrogens with two attached hydrogens (primary N) is 2. The van der Waals surface area contributed by atoms with Gasteiger partial charge in [-0.1, -0.05) is 0 Å². The van der Waals surface area contributed by atoms with E-state index < -0.39 is 11.3 Å². The van der Waals surface area contributed by atoms with Crippen molar-refractivity contribution in [3.63, 3.8) is 0 Å². The molecule has 0 heterocycles. The van der Waals surface area contributed by atoms with E-state index >= 15 is 0 Å². The molecular weight excluding hydrogens is 178 g/mol. The summed E-state index contributed by atoms with van der Waals surface area (Å²) in [6.07, 6.45) is 0. The van der Waals surface area contributed by atoms with Crippen molar-refractivity contribution >= 4 is 28.3 Å². The van der Waals surface area contributed by atoms with Gasteiger partial charge in [0.15, 0.2) is 0 Å². The fourth-order valence-electron chi connectivity index (χ4n) is 0.764. The Balaban J connectivity index is 2.93. The highest BCUT2D eigenvalue weighted by molar-refractivity contribution is 7.80. The van der Waals surface area contributed by atoms with Gasteiger partial charge < -0.3 is 20.7 Å². The lowest BCUT2D eigenvalue weighted by molar-refractivity contribution is 0.542. The predicted molar refractivity (Wildman–Crippen MR) is 47.8 cm³/mol. The molecule has 12 heavy (non-hydrogen) atoms. The lowest BCUT2D eigenvalue weighted by Crippen LogP contribution is -2.05. The van der Waals surface area contributed by atoms with Gasteiger partial charge in [-0.05, 0) is 18.2 Å². The third-order valence-corrected chi connectivity index (χ3v) is 1.66. The van der Waals surface area contributed by atoms with E-state index in [1.54, 1.807) is 6.07 Å². The van der Waals surface area contributed by atoms with Crippen molar-refractivity contribution in [3.8, 4) is 0 Å². The molecule has 0 amide bonds. The van der Waals surface area contributed by atoms with Gasteiger partial charge >= 0.3 is 0 Å². The average Bonchev–Trinajstić information content (AvgIpc) is 1.94. The number of hydrogen-bond acceptors (Lipinski definition) is 4. The molecule has 1 unspecified atom stereocenters. The number of nitrogen functional groups attached to an aromatic ring is 2. The Hall–Kier alpha value is -1.27. The van der Waals surface area contributed by atoms with Crippen molar-refractivity contribution in [2.45, 2.75) is 0 Å². The molecule has 0 aliphatic heterocycles. The second kappa shape index (κ2) is 3.42. The summed E-state index contributed by atoms with van der Waals surface area (Å²) in [5.41, 5.74) is 12.0. The summed E-state index contributed by atoms with van der Waals surface area (Å²) in [5.74, 6) is 0. The SMILES string of the molecule is Nc1ccc(NS(=O)[O-])c(N)c1. The molecule has 0 fully saturated rings. The van der Waals surface area contributed by atoms with E-state index in [2.05, 4.69) is 4.72 Å². The van der Waals surface area contributed by atoms with Gasteiger partial charge in [-0.15, -0.1) is 0 Å². The molecule has 0 saturated carbocycles. The van der Waals surface area contributed by atoms with Crippen molar-refractivity contribution in [2.75, 3.05) is 16.2 Å². The number of benzene rings is 1. The van der Waals surface area contributed by atoms with E-state index in [4.69, 9.17) is 11.5 Å². The highest BCUT2D eigenvalue weighted by atomic mass is 32.2. The van der Waals surface area contributed by atoms with E-state index in [0.29, 0.717) is 17.1 Å². The van der Waals surface area contributed by atoms with Crippen molar-refractivity contribution in [2.24, 2.45) is 0 Å². The van der Waals surface area contributed by atoms with E-state index in [1.807, 2.05) is 0 Å². The van der Waals surface area contributed by atoms with Gasteiger partial charge in [-0.3, -0.25) is 4.21 Å². The molecule has 0 aliphatic rings. The Morgan fingerprint density at radius 1 is 1.42 bits per heavy atom. The fourth-order valence-corrected chi connectivity index (χ4v) is 1.13. The summed E-state index contributed by atoms with van der Waals surface area (Å²) in [5, 5.41) is 0. The van der Waals surface area contributed by atoms with Crippen LogP contribution >= 0.6 is 0 Å². The monoisotopic (exact) mass is 186 g/mol. The quantitative estimate of drug-likeness (QED) is 0.448. The fraction of sp³-hybridized carbons (Fsp3) is 0. The van der Waals surface area contributed by atoms with Gasteiger partial charge in [0.05, 0.1) is 11.4 Å². The third-order valence-electron chi connectivity index (χ3n) is 1.27. The van der Waals surface area contributed by atoms with Gasteiger partial charge in [0, 0.05) is 17.0 Å². The molecule has 6 heteroatoms. The molecule has 1 aromatic carbocycles. The lowest BCUT2D eigenvalue weighted by atomic mass is 10.2. The summed E-state index contributed by atoms with van der Waals surface area (Å²) in [4.78, 5) is 0. The maximum absolute atomic E-state index is 10.2. The third kappa shape index (κ3) is 2.11. The molecule has 0 aromatic heterocycles. The van der Waals surface area contributed by atoms with Crippen LogP contribution in [0.25, 0.3) is 0 Å². The minimum atomic E-state index is -2.35. The second-order valence-electron chi connectivity index (χ2n) is 2.18. The Morgan fingerprint density at radius 3 is 2.58 bits per heavy atom. The van der Waals surface area contributed by atoms with Gasteiger partial charge in [0.2, 0.25) is 0 Å². The smallest absolute Gasteiger partial charge is 0.0684 e. The average molecular weight is 186 g/mol. The van der Waals surface area contributed by atoms with Crippen LogP contribution in [0.2, 0.25) is 0 Å². The standard InChI is InChI=1S/C6H9N3O2S/c7-4-1-2-6(5(8)3-4)9-12(10)11/h1-3,9H,7-8H2,(H,10,11)/p-1. The molecule has 0 bridgehead atoms. The Labute approximate surface area is 72.2 Å². The minimum Gasteiger partial charge on any atom is -0.755 e. The topological polar surface area (TPSA) is 104 Å². The highest BCUT2D eigenvalue weighted by Gasteiger charge is 1.97. The van der Waals surface area contributed by atoms with Crippen LogP contribution in [0.3, 0.4) is 0 Å². The number of nitrogens with one attached hydrogen (secondary N) is 1. The first kappa shape index (κ1) is 8.82. The number of rotatable bonds is 2. The molecule has 5 N–H and O–H groups in total. The zero-order valence-corrected chi connectivity index (χ0v) is 6.93. The van der Waals surface area contributed by atoms with Crippen LogP contribution in [0.15, 0.2) is 18.2 Å². The van der Waals surface area contributed by atoms with Crippen LogP contribution in [0, 0.1) is 0 Å². The predicted octanol–water partition coefficient (Wildman–Crippen LogP) is 0.0570. The summed E-state index contributed by atoms with van der Waals surface area (Å²) < 4.78 is 22.6. The largest absolute Gasteiger partial charge is 0.755 e. The van der Waals surface area contributed by atoms with Gasteiger partial charge in [-0.25, -0.2) is 0 Å². The van der Waals surface area contributed by atoms with E-state index in [0.717, 1.165) is 0 Å². The minimum absolute atomic E-state index is 0.305. The molecule has 1 aromatic rings. The zero-order valence-electron chi connectivity index (χ0n) is 6.11. The second-order valence-corrected chi connectivity index (χ2v) is 2.86. The van der Waals surface area contributed by atoms with Crippen molar-refractivity contribution in [1.29, 1.82) is 0 Å². The molecule has 0 radical (unpaired) electrons. The van der Waals surface area contributed by atoms with Crippen LogP contribution in [0.1, 0.15) is 0 Å². The van der Waals surface area contributed by atoms with Crippen LogP contribution in [0.5, 0.6) is 0 Å². The summed E-state index contributed by atoms with van der Waals surface area (Å²) >= 11 is -2.35. The Bertz CT molecular complexity index is 316. The molecule has 5 nitrogen and oxygen atoms in total. The molecule has 1 rings (SSSR count). The van der Waals surface area contributed by atoms with Gasteiger partial charge in [-0.2, -0.15) is 0 Å². The molecule has 66 valence electrons. The van der Waals surface area contributed by atoms with Gasteiger partial charge in [0.1, 0.15) is 0 Å². The zero-order chi connectivity index (χ0) is 9.14. The maximum atomic E-state index is 10.2. The lowest BCUT2D eigenvalue weighted by Gasteiger charge is -2.10. The Kier molecular flexibility index (Phi) is 2.51. The number of anilines is 3. The molecule has 0 spiro atoms. The maximum Gasteiger partial charge on any atom is 0.0684 e. The van der Waals surface area contributed by atoms with Gasteiger partial charge in [0.25, 0.3) is 0 Å². The van der Waals surface area contributed by atoms with Crippen LogP contribution in [-0.4, -0.2) is 8.76 Å². The first-order valence-electron chi connectivity index (χ1n) is 3.10. The van der Waals surface area contributed by atoms with Crippen LogP contribution in [0.4, 0.5) is 17.1 Å². The Morgan fingerprint density at radius 2 is 2.08 bits per heavy atom. The van der Waals surface area contributed by atoms with E-state index in [9.17, 15) is 8.76 Å². The molecular formula is C6H8N3O2S-. The summed E-state index contributed by atoms with van der Waals surface area (Å²) in [6.45, 7) is 0. The highest BCUT2D eigenvalue weighted by Crippen LogP contribution is 2.20.